The van der Waals surface area contributed by atoms with Gasteiger partial charge in [0.2, 0.25) is 0 Å². The molecule has 0 unspecified atom stereocenters. The van der Waals surface area contributed by atoms with Gasteiger partial charge < -0.3 is 9.80 Å². The molecule has 1 aromatic heterocycles. The number of allylic oxidation sites excluding steroid dienone is 1. The summed E-state index contributed by atoms with van der Waals surface area (Å²) in [6.07, 6.45) is 4.38. The lowest BCUT2D eigenvalue weighted by atomic mass is 9.94. The number of anilines is 1. The van der Waals surface area contributed by atoms with E-state index in [1.807, 2.05) is 39.0 Å². The van der Waals surface area contributed by atoms with Crippen molar-refractivity contribution < 1.29 is 4.79 Å². The minimum atomic E-state index is -0.568. The van der Waals surface area contributed by atoms with Crippen molar-refractivity contribution in [2.75, 3.05) is 31.1 Å². The number of carbonyl (C=O) groups is 1. The number of rotatable bonds is 6. The minimum absolute atomic E-state index is 0.0991. The molecule has 2 aliphatic rings. The molecule has 2 aliphatic heterocycles. The molecule has 2 aromatic carbocycles. The van der Waals surface area contributed by atoms with Gasteiger partial charge >= 0.3 is 0 Å². The van der Waals surface area contributed by atoms with Crippen LogP contribution in [-0.2, 0) is 4.79 Å². The second-order valence-corrected chi connectivity index (χ2v) is 10.8. The molecule has 37 heavy (non-hydrogen) atoms. The number of amides is 1. The summed E-state index contributed by atoms with van der Waals surface area (Å²) in [4.78, 5) is 37.0. The largest absolute Gasteiger partial charge is 0.372 e. The number of hydrogen-bond donors (Lipinski definition) is 0. The van der Waals surface area contributed by atoms with Crippen LogP contribution in [0.3, 0.4) is 0 Å². The molecule has 1 atom stereocenters. The average molecular weight is 535 g/mol. The Morgan fingerprint density at radius 2 is 1.73 bits per heavy atom. The van der Waals surface area contributed by atoms with E-state index in [4.69, 9.17) is 16.6 Å². The molecular formula is C29H31ClN4O2S. The Hall–Kier alpha value is -3.16. The average Bonchev–Trinajstić information content (AvgIpc) is 3.54. The fourth-order valence-corrected chi connectivity index (χ4v) is 6.32. The molecule has 0 N–H and O–H groups in total. The van der Waals surface area contributed by atoms with Crippen molar-refractivity contribution in [1.82, 2.24) is 9.47 Å². The highest BCUT2D eigenvalue weighted by Gasteiger charge is 2.34. The molecular weight excluding hydrogens is 504 g/mol. The first-order chi connectivity index (χ1) is 17.9. The van der Waals surface area contributed by atoms with Gasteiger partial charge in [0.25, 0.3) is 11.5 Å². The van der Waals surface area contributed by atoms with Crippen LogP contribution < -0.4 is 19.8 Å². The van der Waals surface area contributed by atoms with E-state index >= 15 is 0 Å². The first kappa shape index (κ1) is 25.5. The van der Waals surface area contributed by atoms with Crippen molar-refractivity contribution in [3.8, 4) is 0 Å². The van der Waals surface area contributed by atoms with E-state index in [1.54, 1.807) is 21.6 Å². The molecule has 8 heteroatoms. The van der Waals surface area contributed by atoms with Crippen LogP contribution in [0.25, 0.3) is 6.08 Å². The van der Waals surface area contributed by atoms with E-state index in [0.29, 0.717) is 38.7 Å². The Labute approximate surface area is 225 Å². The molecule has 192 valence electrons. The molecule has 3 aromatic rings. The van der Waals surface area contributed by atoms with Crippen molar-refractivity contribution in [1.29, 1.82) is 0 Å². The molecule has 0 saturated carbocycles. The predicted molar refractivity (Wildman–Crippen MR) is 151 cm³/mol. The van der Waals surface area contributed by atoms with Gasteiger partial charge in [-0.15, -0.1) is 0 Å². The quantitative estimate of drug-likeness (QED) is 0.472. The van der Waals surface area contributed by atoms with Gasteiger partial charge in [0.15, 0.2) is 4.80 Å². The lowest BCUT2D eigenvalue weighted by molar-refractivity contribution is -0.127. The second-order valence-electron chi connectivity index (χ2n) is 9.40. The summed E-state index contributed by atoms with van der Waals surface area (Å²) in [7, 11) is 0. The van der Waals surface area contributed by atoms with Gasteiger partial charge in [-0.05, 0) is 75.1 Å². The maximum atomic E-state index is 13.8. The summed E-state index contributed by atoms with van der Waals surface area (Å²) < 4.78 is 2.26. The lowest BCUT2D eigenvalue weighted by Gasteiger charge is -2.29. The summed E-state index contributed by atoms with van der Waals surface area (Å²) in [5, 5.41) is 0.603. The fraction of sp³-hybridized carbons (Fsp3) is 0.345. The van der Waals surface area contributed by atoms with Gasteiger partial charge in [-0.3, -0.25) is 14.2 Å². The molecule has 0 radical (unpaired) electrons. The third-order valence-electron chi connectivity index (χ3n) is 7.15. The third-order valence-corrected chi connectivity index (χ3v) is 8.39. The van der Waals surface area contributed by atoms with E-state index in [-0.39, 0.29) is 11.5 Å². The topological polar surface area (TPSA) is 57.9 Å². The highest BCUT2D eigenvalue weighted by Crippen LogP contribution is 2.32. The van der Waals surface area contributed by atoms with E-state index in [0.717, 1.165) is 24.2 Å². The van der Waals surface area contributed by atoms with Gasteiger partial charge in [-0.25, -0.2) is 4.99 Å². The van der Waals surface area contributed by atoms with E-state index in [9.17, 15) is 9.59 Å². The zero-order valence-corrected chi connectivity index (χ0v) is 23.0. The molecule has 3 heterocycles. The Morgan fingerprint density at radius 3 is 2.35 bits per heavy atom. The van der Waals surface area contributed by atoms with Gasteiger partial charge in [-0.1, -0.05) is 47.2 Å². The summed E-state index contributed by atoms with van der Waals surface area (Å²) in [5.41, 5.74) is 4.03. The van der Waals surface area contributed by atoms with Crippen molar-refractivity contribution >= 4 is 40.6 Å². The van der Waals surface area contributed by atoms with Crippen LogP contribution in [0.1, 0.15) is 50.8 Å². The van der Waals surface area contributed by atoms with Crippen molar-refractivity contribution in [3.63, 3.8) is 0 Å². The summed E-state index contributed by atoms with van der Waals surface area (Å²) >= 11 is 7.53. The molecule has 5 rings (SSSR count). The van der Waals surface area contributed by atoms with Crippen LogP contribution in [0.15, 0.2) is 69.6 Å². The molecule has 0 aliphatic carbocycles. The SMILES string of the molecule is CCN(CC)C(=O)C1=C(C)N=c2s/c(=C\c3ccc(N4CCCC4)cc3)c(=O)n2[C@@H]1c1ccc(Cl)cc1. The van der Waals surface area contributed by atoms with E-state index < -0.39 is 6.04 Å². The van der Waals surface area contributed by atoms with Gasteiger partial charge in [0, 0.05) is 36.9 Å². The van der Waals surface area contributed by atoms with Crippen LogP contribution in [-0.4, -0.2) is 41.6 Å². The fourth-order valence-electron chi connectivity index (χ4n) is 5.14. The number of nitrogens with zero attached hydrogens (tertiary/aromatic N) is 4. The predicted octanol–water partition coefficient (Wildman–Crippen LogP) is 4.36. The standard InChI is InChI=1S/C29H31ClN4O2S/c1-4-32(5-2)28(36)25-19(3)31-29-34(26(25)21-10-12-22(30)13-11-21)27(35)24(37-29)18-20-8-14-23(15-9-20)33-16-6-7-17-33/h8-15,18,26H,4-7,16-17H2,1-3H3/b24-18-/t26-/m1/s1. The Morgan fingerprint density at radius 1 is 1.08 bits per heavy atom. The second kappa shape index (κ2) is 10.7. The highest BCUT2D eigenvalue weighted by molar-refractivity contribution is 7.07. The number of likely N-dealkylation sites (N-methyl/N-ethyl adjacent to an activating group) is 1. The number of fused-ring (bicyclic) bond motifs is 1. The number of halogens is 1. The molecule has 0 bridgehead atoms. The maximum absolute atomic E-state index is 13.8. The highest BCUT2D eigenvalue weighted by atomic mass is 35.5. The van der Waals surface area contributed by atoms with Crippen LogP contribution in [0.2, 0.25) is 5.02 Å². The Bertz CT molecular complexity index is 1510. The molecule has 6 nitrogen and oxygen atoms in total. The van der Waals surface area contributed by atoms with Gasteiger partial charge in [0.1, 0.15) is 0 Å². The van der Waals surface area contributed by atoms with Crippen molar-refractivity contribution in [2.45, 2.75) is 39.7 Å². The third kappa shape index (κ3) is 4.90. The van der Waals surface area contributed by atoms with Crippen LogP contribution in [0.5, 0.6) is 0 Å². The lowest BCUT2D eigenvalue weighted by Crippen LogP contribution is -2.43. The van der Waals surface area contributed by atoms with Crippen LogP contribution >= 0.6 is 22.9 Å². The molecule has 1 amide bonds. The number of thiazole rings is 1. The zero-order valence-electron chi connectivity index (χ0n) is 21.4. The monoisotopic (exact) mass is 534 g/mol. The Kier molecular flexibility index (Phi) is 7.36. The molecule has 1 saturated heterocycles. The number of hydrogen-bond acceptors (Lipinski definition) is 5. The van der Waals surface area contributed by atoms with Crippen molar-refractivity contribution in [3.05, 3.63) is 95.6 Å². The smallest absolute Gasteiger partial charge is 0.271 e. The minimum Gasteiger partial charge on any atom is -0.372 e. The summed E-state index contributed by atoms with van der Waals surface area (Å²) in [6.45, 7) is 9.12. The number of aromatic nitrogens is 1. The Balaban J connectivity index is 1.62. The van der Waals surface area contributed by atoms with Crippen LogP contribution in [0, 0.1) is 0 Å². The zero-order chi connectivity index (χ0) is 26.1. The molecule has 0 spiro atoms. The number of carbonyl (C=O) groups excluding carboxylic acids is 1. The normalized spacial score (nSPS) is 17.7. The summed E-state index contributed by atoms with van der Waals surface area (Å²) in [6, 6.07) is 15.1. The van der Waals surface area contributed by atoms with E-state index in [2.05, 4.69) is 29.2 Å². The van der Waals surface area contributed by atoms with Crippen LogP contribution in [0.4, 0.5) is 5.69 Å². The molecule has 1 fully saturated rings. The summed E-state index contributed by atoms with van der Waals surface area (Å²) in [5.74, 6) is -0.0991. The first-order valence-corrected chi connectivity index (χ1v) is 14.0. The first-order valence-electron chi connectivity index (χ1n) is 12.8. The van der Waals surface area contributed by atoms with Gasteiger partial charge in [0.05, 0.1) is 21.8 Å². The van der Waals surface area contributed by atoms with Gasteiger partial charge in [-0.2, -0.15) is 0 Å². The number of benzene rings is 2. The maximum Gasteiger partial charge on any atom is 0.271 e. The van der Waals surface area contributed by atoms with Crippen molar-refractivity contribution in [2.24, 2.45) is 4.99 Å². The van der Waals surface area contributed by atoms with E-state index in [1.165, 1.54) is 29.9 Å².